The number of urea groups is 1. The molecule has 4 heterocycles. The predicted molar refractivity (Wildman–Crippen MR) is 191 cm³/mol. The van der Waals surface area contributed by atoms with Crippen molar-refractivity contribution in [3.63, 3.8) is 0 Å². The Kier molecular flexibility index (Phi) is 9.94. The number of carbonyl (C=O) groups excluding carboxylic acids is 1. The SMILES string of the molecule is Cn1cc(-c2ccc(N(C(=O)NCc3ccccc3)[C@H]3CC[C@H](Nc4ncc(C#N)c(NCC5=NN=C(C(C)(C)C)C5)n4)CC3)nc2)cn1. The van der Waals surface area contributed by atoms with Crippen LogP contribution in [0.5, 0.6) is 0 Å². The average molecular weight is 659 g/mol. The number of hydrogen-bond donors (Lipinski definition) is 3. The molecule has 0 spiro atoms. The summed E-state index contributed by atoms with van der Waals surface area (Å²) in [4.78, 5) is 29.3. The molecule has 0 unspecified atom stereocenters. The standard InChI is InChI=1S/C36H42N12O/c1-36(2,3)31-16-29(45-46-31)22-39-33-26(17-37)20-40-34(44-33)43-28-11-13-30(14-12-28)48(35(49)41-18-24-8-6-5-7-9-24)32-15-10-25(19-38-32)27-21-42-47(4)23-27/h5-10,15,19-21,23,28,30H,11-14,16,18,22H2,1-4H3,(H,41,49)(H2,39,40,43,44)/t28-,30-. The van der Waals surface area contributed by atoms with E-state index in [0.29, 0.717) is 42.7 Å². The summed E-state index contributed by atoms with van der Waals surface area (Å²) in [5.74, 6) is 1.52. The molecule has 4 aromatic rings. The number of rotatable bonds is 10. The van der Waals surface area contributed by atoms with Gasteiger partial charge >= 0.3 is 6.03 Å². The molecule has 1 aliphatic heterocycles. The second-order valence-electron chi connectivity index (χ2n) is 13.5. The minimum atomic E-state index is -0.181. The summed E-state index contributed by atoms with van der Waals surface area (Å²) in [6.07, 6.45) is 10.9. The summed E-state index contributed by atoms with van der Waals surface area (Å²) in [6.45, 7) is 7.23. The molecule has 0 bridgehead atoms. The average Bonchev–Trinajstić information content (AvgIpc) is 3.78. The number of aromatic nitrogens is 5. The van der Waals surface area contributed by atoms with Crippen molar-refractivity contribution in [1.29, 1.82) is 5.26 Å². The van der Waals surface area contributed by atoms with E-state index in [1.54, 1.807) is 22.0 Å². The smallest absolute Gasteiger partial charge is 0.323 e. The Morgan fingerprint density at radius 3 is 2.43 bits per heavy atom. The predicted octanol–water partition coefficient (Wildman–Crippen LogP) is 5.94. The van der Waals surface area contributed by atoms with Crippen LogP contribution in [0.2, 0.25) is 0 Å². The van der Waals surface area contributed by atoms with Crippen LogP contribution in [0.1, 0.15) is 64.0 Å². The number of benzene rings is 1. The van der Waals surface area contributed by atoms with Gasteiger partial charge in [-0.25, -0.2) is 14.8 Å². The Hall–Kier alpha value is -5.64. The van der Waals surface area contributed by atoms with Crippen LogP contribution in [-0.4, -0.2) is 60.8 Å². The molecule has 6 rings (SSSR count). The van der Waals surface area contributed by atoms with Crippen LogP contribution >= 0.6 is 0 Å². The summed E-state index contributed by atoms with van der Waals surface area (Å²) in [5, 5.41) is 32.5. The molecule has 0 saturated heterocycles. The number of nitriles is 1. The number of nitrogens with one attached hydrogen (secondary N) is 3. The van der Waals surface area contributed by atoms with Gasteiger partial charge in [-0.3, -0.25) is 9.58 Å². The largest absolute Gasteiger partial charge is 0.363 e. The van der Waals surface area contributed by atoms with E-state index in [4.69, 9.17) is 4.98 Å². The second kappa shape index (κ2) is 14.6. The minimum Gasteiger partial charge on any atom is -0.363 e. The fourth-order valence-electron chi connectivity index (χ4n) is 6.01. The highest BCUT2D eigenvalue weighted by atomic mass is 16.2. The molecule has 1 saturated carbocycles. The molecule has 3 aromatic heterocycles. The summed E-state index contributed by atoms with van der Waals surface area (Å²) in [5.41, 5.74) is 5.19. The minimum absolute atomic E-state index is 0.0432. The third-order valence-corrected chi connectivity index (χ3v) is 8.85. The Morgan fingerprint density at radius 2 is 1.78 bits per heavy atom. The van der Waals surface area contributed by atoms with Gasteiger partial charge in [0, 0.05) is 61.0 Å². The van der Waals surface area contributed by atoms with Crippen LogP contribution in [0, 0.1) is 16.7 Å². The number of carbonyl (C=O) groups is 1. The molecule has 2 amide bonds. The maximum absolute atomic E-state index is 13.7. The van der Waals surface area contributed by atoms with Crippen LogP contribution < -0.4 is 20.9 Å². The van der Waals surface area contributed by atoms with E-state index in [0.717, 1.165) is 53.8 Å². The van der Waals surface area contributed by atoms with Crippen LogP contribution in [0.3, 0.4) is 0 Å². The van der Waals surface area contributed by atoms with E-state index in [1.165, 1.54) is 6.20 Å². The highest BCUT2D eigenvalue weighted by molar-refractivity contribution is 6.10. The van der Waals surface area contributed by atoms with Gasteiger partial charge in [-0.1, -0.05) is 51.1 Å². The van der Waals surface area contributed by atoms with Gasteiger partial charge in [0.15, 0.2) is 0 Å². The third-order valence-electron chi connectivity index (χ3n) is 8.85. The molecule has 2 aliphatic rings. The van der Waals surface area contributed by atoms with E-state index in [1.807, 2.05) is 55.7 Å². The summed E-state index contributed by atoms with van der Waals surface area (Å²) in [6, 6.07) is 15.8. The number of nitrogens with zero attached hydrogens (tertiary/aromatic N) is 9. The first-order chi connectivity index (χ1) is 23.7. The fraction of sp³-hybridized carbons (Fsp3) is 0.389. The van der Waals surface area contributed by atoms with Gasteiger partial charge in [0.2, 0.25) is 5.95 Å². The molecule has 13 heteroatoms. The molecule has 13 nitrogen and oxygen atoms in total. The number of hydrogen-bond acceptors (Lipinski definition) is 10. The number of pyridine rings is 1. The molecule has 0 radical (unpaired) electrons. The number of anilines is 3. The molecule has 49 heavy (non-hydrogen) atoms. The first kappa shape index (κ1) is 33.3. The van der Waals surface area contributed by atoms with Crippen LogP contribution in [0.4, 0.5) is 22.4 Å². The van der Waals surface area contributed by atoms with Crippen LogP contribution in [0.15, 0.2) is 77.5 Å². The van der Waals surface area contributed by atoms with Crippen LogP contribution in [-0.2, 0) is 13.6 Å². The lowest BCUT2D eigenvalue weighted by atomic mass is 9.87. The van der Waals surface area contributed by atoms with Gasteiger partial charge in [0.05, 0.1) is 30.4 Å². The number of amides is 2. The fourth-order valence-corrected chi connectivity index (χ4v) is 6.01. The van der Waals surface area contributed by atoms with Gasteiger partial charge in [-0.05, 0) is 43.4 Å². The van der Waals surface area contributed by atoms with Crippen molar-refractivity contribution < 1.29 is 4.79 Å². The molecule has 0 atom stereocenters. The van der Waals surface area contributed by atoms with Gasteiger partial charge in [-0.15, -0.1) is 0 Å². The Balaban J connectivity index is 1.10. The maximum Gasteiger partial charge on any atom is 0.323 e. The zero-order chi connectivity index (χ0) is 34.4. The lowest BCUT2D eigenvalue weighted by Gasteiger charge is -2.36. The summed E-state index contributed by atoms with van der Waals surface area (Å²) >= 11 is 0. The van der Waals surface area contributed by atoms with Gasteiger partial charge in [-0.2, -0.15) is 25.5 Å². The second-order valence-corrected chi connectivity index (χ2v) is 13.5. The third kappa shape index (κ3) is 8.27. The van der Waals surface area contributed by atoms with E-state index in [-0.39, 0.29) is 23.5 Å². The van der Waals surface area contributed by atoms with Gasteiger partial charge < -0.3 is 16.0 Å². The lowest BCUT2D eigenvalue weighted by molar-refractivity contribution is 0.240. The Morgan fingerprint density at radius 1 is 0.980 bits per heavy atom. The van der Waals surface area contributed by atoms with E-state index >= 15 is 0 Å². The van der Waals surface area contributed by atoms with E-state index < -0.39 is 0 Å². The zero-order valence-electron chi connectivity index (χ0n) is 28.4. The van der Waals surface area contributed by atoms with Crippen molar-refractivity contribution in [2.45, 2.75) is 71.5 Å². The Bertz CT molecular complexity index is 1860. The van der Waals surface area contributed by atoms with Crippen molar-refractivity contribution in [3.05, 3.63) is 78.4 Å². The van der Waals surface area contributed by atoms with Crippen molar-refractivity contribution in [1.82, 2.24) is 30.0 Å². The highest BCUT2D eigenvalue weighted by Crippen LogP contribution is 2.30. The first-order valence-electron chi connectivity index (χ1n) is 16.6. The Labute approximate surface area is 286 Å². The van der Waals surface area contributed by atoms with Crippen molar-refractivity contribution >= 4 is 35.0 Å². The molecule has 3 N–H and O–H groups in total. The van der Waals surface area contributed by atoms with Crippen molar-refractivity contribution in [2.75, 3.05) is 22.1 Å². The lowest BCUT2D eigenvalue weighted by Crippen LogP contribution is -2.49. The molecule has 1 aromatic carbocycles. The number of aryl methyl sites for hydroxylation is 1. The monoisotopic (exact) mass is 658 g/mol. The molecule has 1 aliphatic carbocycles. The van der Waals surface area contributed by atoms with Crippen molar-refractivity contribution in [2.24, 2.45) is 22.7 Å². The molecular weight excluding hydrogens is 616 g/mol. The highest BCUT2D eigenvalue weighted by Gasteiger charge is 2.31. The van der Waals surface area contributed by atoms with Gasteiger partial charge in [0.1, 0.15) is 23.3 Å². The first-order valence-corrected chi connectivity index (χ1v) is 16.6. The maximum atomic E-state index is 13.7. The quantitative estimate of drug-likeness (QED) is 0.189. The van der Waals surface area contributed by atoms with E-state index in [9.17, 15) is 10.1 Å². The normalized spacial score (nSPS) is 17.4. The van der Waals surface area contributed by atoms with Crippen molar-refractivity contribution in [3.8, 4) is 17.2 Å². The summed E-state index contributed by atoms with van der Waals surface area (Å²) in [7, 11) is 1.88. The van der Waals surface area contributed by atoms with Crippen LogP contribution in [0.25, 0.3) is 11.1 Å². The van der Waals surface area contributed by atoms with Gasteiger partial charge in [0.25, 0.3) is 0 Å². The van der Waals surface area contributed by atoms with E-state index in [2.05, 4.69) is 68.1 Å². The molecule has 252 valence electrons. The topological polar surface area (TPSA) is 161 Å². The summed E-state index contributed by atoms with van der Waals surface area (Å²) < 4.78 is 1.75. The molecular formula is C36H42N12O. The zero-order valence-corrected chi connectivity index (χ0v) is 28.4. The molecule has 1 fully saturated rings.